The second-order valence-corrected chi connectivity index (χ2v) is 16.5. The number of likely N-dealkylation sites (tertiary alicyclic amines) is 3. The zero-order valence-corrected chi connectivity index (χ0v) is 33.6. The van der Waals surface area contributed by atoms with E-state index in [1.807, 2.05) is 26.0 Å². The average Bonchev–Trinajstić information content (AvgIpc) is 3.46. The van der Waals surface area contributed by atoms with Crippen LogP contribution in [0.1, 0.15) is 69.9 Å². The minimum atomic E-state index is -1.48. The molecular weight excluding hydrogens is 773 g/mol. The molecule has 2 aromatic rings. The second kappa shape index (κ2) is 17.8. The number of nitrogens with zero attached hydrogens (tertiary/aromatic N) is 3. The summed E-state index contributed by atoms with van der Waals surface area (Å²) in [4.78, 5) is 98.9. The summed E-state index contributed by atoms with van der Waals surface area (Å²) in [5.74, 6) is -3.40. The number of urea groups is 1. The third-order valence-corrected chi connectivity index (χ3v) is 11.8. The van der Waals surface area contributed by atoms with Crippen molar-refractivity contribution in [1.29, 1.82) is 0 Å². The normalized spacial score (nSPS) is 24.2. The van der Waals surface area contributed by atoms with Crippen molar-refractivity contribution >= 4 is 58.6 Å². The lowest BCUT2D eigenvalue weighted by molar-refractivity contribution is -0.151. The van der Waals surface area contributed by atoms with E-state index in [9.17, 15) is 43.1 Å². The van der Waals surface area contributed by atoms with Crippen LogP contribution in [-0.4, -0.2) is 123 Å². The van der Waals surface area contributed by atoms with E-state index in [1.165, 1.54) is 21.9 Å². The van der Waals surface area contributed by atoms with Gasteiger partial charge in [0.05, 0.1) is 12.3 Å². The van der Waals surface area contributed by atoms with E-state index in [0.717, 1.165) is 11.6 Å². The van der Waals surface area contributed by atoms with Crippen LogP contribution < -0.4 is 21.3 Å². The van der Waals surface area contributed by atoms with Crippen LogP contribution in [0.15, 0.2) is 42.5 Å². The Bertz CT molecular complexity index is 1970. The van der Waals surface area contributed by atoms with E-state index >= 15 is 0 Å². The number of ketones is 1. The van der Waals surface area contributed by atoms with E-state index in [2.05, 4.69) is 21.3 Å². The number of piperidine rings is 1. The number of hydrogen-bond acceptors (Lipinski definition) is 8. The molecule has 3 saturated heterocycles. The summed E-state index contributed by atoms with van der Waals surface area (Å²) in [7, 11) is 0. The molecule has 0 aromatic heterocycles. The Kier molecular flexibility index (Phi) is 13.1. The van der Waals surface area contributed by atoms with Gasteiger partial charge in [-0.3, -0.25) is 28.8 Å². The molecule has 58 heavy (non-hydrogen) atoms. The Hall–Kier alpha value is -5.09. The first-order chi connectivity index (χ1) is 27.6. The number of halogens is 2. The number of anilines is 1. The van der Waals surface area contributed by atoms with Gasteiger partial charge in [0.2, 0.25) is 29.5 Å². The van der Waals surface area contributed by atoms with Crippen LogP contribution in [0.3, 0.4) is 0 Å². The van der Waals surface area contributed by atoms with E-state index in [4.69, 9.17) is 11.6 Å². The van der Waals surface area contributed by atoms with Gasteiger partial charge in [0.15, 0.2) is 5.78 Å². The Morgan fingerprint density at radius 3 is 2.34 bits per heavy atom. The number of rotatable bonds is 12. The Labute approximate surface area is 341 Å². The number of nitrogens with one attached hydrogen (secondary N) is 4. The SMILES string of the molecule is Cc1cccc(C[C@H](NC(=O)Nc2ccc(Cl)cc2F)C(=O)N[C@@H](CO)C(=O)N2CCC[C@H]2C(=O)N2CCCC[C@H]2C(=O)N[C@@H](C)C(=O)N2C[C@H](C)C[C@]23CC3=O)c1. The summed E-state index contributed by atoms with van der Waals surface area (Å²) >= 11 is 5.83. The third-order valence-electron chi connectivity index (χ3n) is 11.6. The maximum atomic E-state index is 14.5. The van der Waals surface area contributed by atoms with Gasteiger partial charge in [0.25, 0.3) is 0 Å². The van der Waals surface area contributed by atoms with Crippen molar-refractivity contribution in [2.75, 3.05) is 31.6 Å². The van der Waals surface area contributed by atoms with Crippen molar-refractivity contribution in [3.8, 4) is 0 Å². The summed E-state index contributed by atoms with van der Waals surface area (Å²) in [6, 6.07) is 4.44. The monoisotopic (exact) mass is 823 g/mol. The number of hydrogen-bond donors (Lipinski definition) is 5. The quantitative estimate of drug-likeness (QED) is 0.215. The summed E-state index contributed by atoms with van der Waals surface area (Å²) < 4.78 is 14.5. The molecule has 1 saturated carbocycles. The molecule has 7 amide bonds. The van der Waals surface area contributed by atoms with Crippen LogP contribution in [-0.2, 0) is 35.2 Å². The first-order valence-corrected chi connectivity index (χ1v) is 20.2. The minimum Gasteiger partial charge on any atom is -0.394 e. The van der Waals surface area contributed by atoms with Crippen molar-refractivity contribution in [1.82, 2.24) is 30.7 Å². The predicted octanol–water partition coefficient (Wildman–Crippen LogP) is 2.45. The number of aryl methyl sites for hydroxylation is 1. The molecule has 0 unspecified atom stereocenters. The zero-order chi connectivity index (χ0) is 41.9. The fraction of sp³-hybridized carbons (Fsp3) is 0.537. The Morgan fingerprint density at radius 2 is 1.66 bits per heavy atom. The molecule has 4 fully saturated rings. The van der Waals surface area contributed by atoms with Crippen LogP contribution in [0.5, 0.6) is 0 Å². The smallest absolute Gasteiger partial charge is 0.319 e. The van der Waals surface area contributed by atoms with Crippen molar-refractivity contribution < 1.29 is 43.1 Å². The molecule has 3 aliphatic heterocycles. The summed E-state index contributed by atoms with van der Waals surface area (Å²) in [5.41, 5.74) is 0.636. The topological polar surface area (TPSA) is 198 Å². The van der Waals surface area contributed by atoms with Gasteiger partial charge in [-0.15, -0.1) is 0 Å². The molecule has 312 valence electrons. The van der Waals surface area contributed by atoms with Crippen molar-refractivity contribution in [2.24, 2.45) is 5.92 Å². The number of carbonyl (C=O) groups is 7. The molecule has 15 nitrogen and oxygen atoms in total. The highest BCUT2D eigenvalue weighted by atomic mass is 35.5. The maximum Gasteiger partial charge on any atom is 0.319 e. The summed E-state index contributed by atoms with van der Waals surface area (Å²) in [6.07, 6.45) is 3.31. The van der Waals surface area contributed by atoms with E-state index < -0.39 is 77.8 Å². The molecule has 7 atom stereocenters. The molecule has 2 aromatic carbocycles. The molecule has 1 aliphatic carbocycles. The number of aliphatic hydroxyl groups excluding tert-OH is 1. The Morgan fingerprint density at radius 1 is 0.931 bits per heavy atom. The lowest BCUT2D eigenvalue weighted by Crippen LogP contribution is -2.61. The Balaban J connectivity index is 1.11. The molecule has 6 rings (SSSR count). The number of aliphatic hydroxyl groups is 1. The molecule has 1 spiro atoms. The van der Waals surface area contributed by atoms with Gasteiger partial charge in [-0.05, 0) is 82.1 Å². The largest absolute Gasteiger partial charge is 0.394 e. The van der Waals surface area contributed by atoms with Gasteiger partial charge >= 0.3 is 6.03 Å². The van der Waals surface area contributed by atoms with Crippen LogP contribution in [0, 0.1) is 18.7 Å². The molecular formula is C41H51ClFN7O8. The van der Waals surface area contributed by atoms with Gasteiger partial charge in [-0.25, -0.2) is 9.18 Å². The number of amides is 7. The maximum absolute atomic E-state index is 14.5. The number of benzene rings is 2. The molecule has 0 bridgehead atoms. The highest BCUT2D eigenvalue weighted by molar-refractivity contribution is 6.30. The number of Topliss-reactive ketones (excluding diaryl/α,β-unsaturated/α-hetero) is 1. The van der Waals surface area contributed by atoms with Gasteiger partial charge in [-0.2, -0.15) is 0 Å². The fourth-order valence-electron chi connectivity index (χ4n) is 8.59. The fourth-order valence-corrected chi connectivity index (χ4v) is 8.75. The van der Waals surface area contributed by atoms with Crippen molar-refractivity contribution in [2.45, 2.75) is 108 Å². The van der Waals surface area contributed by atoms with Crippen molar-refractivity contribution in [3.05, 3.63) is 64.4 Å². The van der Waals surface area contributed by atoms with E-state index in [-0.39, 0.29) is 47.8 Å². The number of carbonyl (C=O) groups excluding carboxylic acids is 7. The highest BCUT2D eigenvalue weighted by Crippen LogP contribution is 2.48. The first-order valence-electron chi connectivity index (χ1n) is 19.9. The van der Waals surface area contributed by atoms with Gasteiger partial charge in [0.1, 0.15) is 41.6 Å². The molecule has 0 radical (unpaired) electrons. The highest BCUT2D eigenvalue weighted by Gasteiger charge is 2.63. The first kappa shape index (κ1) is 42.5. The van der Waals surface area contributed by atoms with Gasteiger partial charge in [0, 0.05) is 37.5 Å². The van der Waals surface area contributed by atoms with E-state index in [0.29, 0.717) is 57.1 Å². The van der Waals surface area contributed by atoms with Gasteiger partial charge in [-0.1, -0.05) is 48.4 Å². The summed E-state index contributed by atoms with van der Waals surface area (Å²) in [5, 5.41) is 20.8. The minimum absolute atomic E-state index is 0.0139. The van der Waals surface area contributed by atoms with Crippen LogP contribution >= 0.6 is 11.6 Å². The lowest BCUT2D eigenvalue weighted by atomic mass is 9.99. The predicted molar refractivity (Wildman–Crippen MR) is 211 cm³/mol. The van der Waals surface area contributed by atoms with Crippen LogP contribution in [0.2, 0.25) is 5.02 Å². The van der Waals surface area contributed by atoms with Gasteiger partial charge < -0.3 is 41.1 Å². The second-order valence-electron chi connectivity index (χ2n) is 16.1. The third kappa shape index (κ3) is 9.28. The van der Waals surface area contributed by atoms with E-state index in [1.54, 1.807) is 24.0 Å². The molecule has 17 heteroatoms. The zero-order valence-electron chi connectivity index (χ0n) is 32.9. The average molecular weight is 824 g/mol. The van der Waals surface area contributed by atoms with Crippen LogP contribution in [0.4, 0.5) is 14.9 Å². The molecule has 3 heterocycles. The van der Waals surface area contributed by atoms with Crippen LogP contribution in [0.25, 0.3) is 0 Å². The summed E-state index contributed by atoms with van der Waals surface area (Å²) in [6.45, 7) is 5.46. The van der Waals surface area contributed by atoms with Crippen molar-refractivity contribution in [3.63, 3.8) is 0 Å². The molecule has 4 aliphatic rings. The lowest BCUT2D eigenvalue weighted by Gasteiger charge is -2.39. The molecule has 5 N–H and O–H groups in total. The standard InChI is InChI=1S/C41H51ClFN7O8/c1-23-8-6-9-26(16-23)17-30(47-40(58)46-29-13-12-27(42)18-28(29)43)35(53)45-31(22-51)38(56)49-15-7-11-33(49)39(57)48-14-5-4-10-32(48)36(54)44-25(3)37(55)50-21-24(2)19-41(50)20-34(41)52/h6,8-9,12-13,16,18,24-25,30-33,51H,4-5,7,10-11,14-15,17,19-22H2,1-3H3,(H,44,54)(H,45,53)(H2,46,47,58)/t24-,25+,30+,31+,32+,33+,41-/m1/s1.